The van der Waals surface area contributed by atoms with Crippen LogP contribution in [0.15, 0.2) is 23.1 Å². The van der Waals surface area contributed by atoms with Crippen molar-refractivity contribution in [2.24, 2.45) is 0 Å². The standard InChI is InChI=1S/C15H20N4O3S/c1-9(2)14-16-15(18-17-14)10(3)19-23(20,21)12-5-4-11-6-7-22-13(11)8-12/h4-5,8-10,19H,6-7H2,1-3H3,(H,16,17,18). The van der Waals surface area contributed by atoms with Crippen LogP contribution in [-0.4, -0.2) is 30.2 Å². The first-order chi connectivity index (χ1) is 10.9. The van der Waals surface area contributed by atoms with Gasteiger partial charge in [0.2, 0.25) is 10.0 Å². The summed E-state index contributed by atoms with van der Waals surface area (Å²) in [6, 6.07) is 4.46. The Bertz CT molecular complexity index is 814. The fraction of sp³-hybridized carbons (Fsp3) is 0.467. The molecule has 2 heterocycles. The molecule has 0 saturated heterocycles. The van der Waals surface area contributed by atoms with Crippen LogP contribution < -0.4 is 9.46 Å². The molecule has 1 atom stereocenters. The van der Waals surface area contributed by atoms with Crippen LogP contribution in [0.5, 0.6) is 5.75 Å². The highest BCUT2D eigenvalue weighted by Crippen LogP contribution is 2.28. The number of nitrogens with zero attached hydrogens (tertiary/aromatic N) is 2. The van der Waals surface area contributed by atoms with Crippen molar-refractivity contribution in [1.29, 1.82) is 0 Å². The van der Waals surface area contributed by atoms with E-state index in [-0.39, 0.29) is 10.8 Å². The van der Waals surface area contributed by atoms with Crippen molar-refractivity contribution in [2.45, 2.75) is 44.0 Å². The minimum Gasteiger partial charge on any atom is -0.493 e. The molecule has 1 aliphatic heterocycles. The van der Waals surface area contributed by atoms with Crippen molar-refractivity contribution in [3.05, 3.63) is 35.4 Å². The molecule has 1 aromatic heterocycles. The maximum atomic E-state index is 12.5. The molecular weight excluding hydrogens is 316 g/mol. The van der Waals surface area contributed by atoms with Crippen LogP contribution in [0.25, 0.3) is 0 Å². The highest BCUT2D eigenvalue weighted by atomic mass is 32.2. The Kier molecular flexibility index (Phi) is 4.11. The lowest BCUT2D eigenvalue weighted by molar-refractivity contribution is 0.356. The maximum absolute atomic E-state index is 12.5. The largest absolute Gasteiger partial charge is 0.493 e. The molecule has 0 fully saturated rings. The van der Waals surface area contributed by atoms with Gasteiger partial charge in [-0.15, -0.1) is 0 Å². The van der Waals surface area contributed by atoms with Crippen molar-refractivity contribution in [3.8, 4) is 5.75 Å². The number of aromatic nitrogens is 3. The summed E-state index contributed by atoms with van der Waals surface area (Å²) in [5.74, 6) is 1.98. The predicted molar refractivity (Wildman–Crippen MR) is 84.8 cm³/mol. The van der Waals surface area contributed by atoms with Gasteiger partial charge in [-0.2, -0.15) is 5.10 Å². The third kappa shape index (κ3) is 3.23. The van der Waals surface area contributed by atoms with Crippen molar-refractivity contribution in [3.63, 3.8) is 0 Å². The molecule has 1 aliphatic rings. The Labute approximate surface area is 135 Å². The summed E-state index contributed by atoms with van der Waals surface area (Å²) in [6.07, 6.45) is 0.815. The van der Waals surface area contributed by atoms with Gasteiger partial charge in [0.05, 0.1) is 17.5 Å². The van der Waals surface area contributed by atoms with Gasteiger partial charge in [0, 0.05) is 18.4 Å². The molecule has 0 saturated carbocycles. The molecular formula is C15H20N4O3S. The van der Waals surface area contributed by atoms with Gasteiger partial charge in [-0.05, 0) is 18.6 Å². The Balaban J connectivity index is 1.80. The third-order valence-corrected chi connectivity index (χ3v) is 5.29. The van der Waals surface area contributed by atoms with Crippen molar-refractivity contribution in [2.75, 3.05) is 6.61 Å². The monoisotopic (exact) mass is 336 g/mol. The minimum atomic E-state index is -3.66. The molecule has 0 aliphatic carbocycles. The molecule has 0 amide bonds. The predicted octanol–water partition coefficient (Wildman–Crippen LogP) is 1.90. The van der Waals surface area contributed by atoms with E-state index in [1.54, 1.807) is 25.1 Å². The van der Waals surface area contributed by atoms with E-state index in [9.17, 15) is 8.42 Å². The molecule has 23 heavy (non-hydrogen) atoms. The van der Waals surface area contributed by atoms with Crippen LogP contribution in [0.1, 0.15) is 49.9 Å². The zero-order valence-corrected chi connectivity index (χ0v) is 14.1. The smallest absolute Gasteiger partial charge is 0.241 e. The van der Waals surface area contributed by atoms with E-state index in [4.69, 9.17) is 4.74 Å². The summed E-state index contributed by atoms with van der Waals surface area (Å²) in [5, 5.41) is 6.89. The van der Waals surface area contributed by atoms with Gasteiger partial charge in [-0.25, -0.2) is 18.1 Å². The molecule has 2 aromatic rings. The SMILES string of the molecule is CC(C)c1n[nH]c(C(C)NS(=O)(=O)c2ccc3c(c2)OCC3)n1. The zero-order valence-electron chi connectivity index (χ0n) is 13.3. The van der Waals surface area contributed by atoms with E-state index in [0.717, 1.165) is 12.0 Å². The summed E-state index contributed by atoms with van der Waals surface area (Å²) >= 11 is 0. The number of rotatable bonds is 5. The Hall–Kier alpha value is -1.93. The van der Waals surface area contributed by atoms with Crippen LogP contribution >= 0.6 is 0 Å². The van der Waals surface area contributed by atoms with Crippen LogP contribution in [0.4, 0.5) is 0 Å². The van der Waals surface area contributed by atoms with E-state index in [0.29, 0.717) is 24.0 Å². The number of aromatic amines is 1. The van der Waals surface area contributed by atoms with Crippen molar-refractivity contribution >= 4 is 10.0 Å². The first kappa shape index (κ1) is 15.9. The molecule has 1 aromatic carbocycles. The van der Waals surface area contributed by atoms with Gasteiger partial charge < -0.3 is 4.74 Å². The second-order valence-corrected chi connectivity index (χ2v) is 7.66. The fourth-order valence-electron chi connectivity index (χ4n) is 2.41. The molecule has 0 radical (unpaired) electrons. The number of ether oxygens (including phenoxy) is 1. The van der Waals surface area contributed by atoms with Gasteiger partial charge >= 0.3 is 0 Å². The van der Waals surface area contributed by atoms with E-state index >= 15 is 0 Å². The first-order valence-corrected chi connectivity index (χ1v) is 9.05. The van der Waals surface area contributed by atoms with Crippen LogP contribution in [0.2, 0.25) is 0 Å². The van der Waals surface area contributed by atoms with Gasteiger partial charge in [-0.1, -0.05) is 19.9 Å². The molecule has 124 valence electrons. The molecule has 2 N–H and O–H groups in total. The quantitative estimate of drug-likeness (QED) is 0.869. The average Bonchev–Trinajstić information content (AvgIpc) is 3.15. The Morgan fingerprint density at radius 3 is 2.78 bits per heavy atom. The number of sulfonamides is 1. The number of fused-ring (bicyclic) bond motifs is 1. The summed E-state index contributed by atoms with van der Waals surface area (Å²) in [6.45, 7) is 6.28. The third-order valence-electron chi connectivity index (χ3n) is 3.76. The van der Waals surface area contributed by atoms with Crippen molar-refractivity contribution in [1.82, 2.24) is 19.9 Å². The summed E-state index contributed by atoms with van der Waals surface area (Å²) in [4.78, 5) is 4.52. The van der Waals surface area contributed by atoms with Crippen LogP contribution in [-0.2, 0) is 16.4 Å². The molecule has 1 unspecified atom stereocenters. The second-order valence-electron chi connectivity index (χ2n) is 5.94. The van der Waals surface area contributed by atoms with Gasteiger partial charge in [0.25, 0.3) is 0 Å². The topological polar surface area (TPSA) is 97.0 Å². The van der Waals surface area contributed by atoms with E-state index in [1.165, 1.54) is 0 Å². The van der Waals surface area contributed by atoms with E-state index in [1.807, 2.05) is 13.8 Å². The highest BCUT2D eigenvalue weighted by Gasteiger charge is 2.23. The van der Waals surface area contributed by atoms with Crippen LogP contribution in [0, 0.1) is 0 Å². The number of hydrogen-bond donors (Lipinski definition) is 2. The molecule has 0 bridgehead atoms. The molecule has 7 nitrogen and oxygen atoms in total. The lowest BCUT2D eigenvalue weighted by atomic mass is 10.2. The van der Waals surface area contributed by atoms with Gasteiger partial charge in [-0.3, -0.25) is 5.10 Å². The summed E-state index contributed by atoms with van der Waals surface area (Å²) in [7, 11) is -3.66. The summed E-state index contributed by atoms with van der Waals surface area (Å²) < 4.78 is 33.1. The normalized spacial score (nSPS) is 15.5. The maximum Gasteiger partial charge on any atom is 0.241 e. The van der Waals surface area contributed by atoms with E-state index < -0.39 is 16.1 Å². The van der Waals surface area contributed by atoms with Gasteiger partial charge in [0.15, 0.2) is 5.82 Å². The lowest BCUT2D eigenvalue weighted by Crippen LogP contribution is -2.27. The first-order valence-electron chi connectivity index (χ1n) is 7.57. The highest BCUT2D eigenvalue weighted by molar-refractivity contribution is 7.89. The molecule has 0 spiro atoms. The van der Waals surface area contributed by atoms with Crippen LogP contribution in [0.3, 0.4) is 0 Å². The lowest BCUT2D eigenvalue weighted by Gasteiger charge is -2.12. The number of nitrogens with one attached hydrogen (secondary N) is 2. The van der Waals surface area contributed by atoms with E-state index in [2.05, 4.69) is 19.9 Å². The van der Waals surface area contributed by atoms with Crippen molar-refractivity contribution < 1.29 is 13.2 Å². The summed E-state index contributed by atoms with van der Waals surface area (Å²) in [5.41, 5.74) is 1.04. The Morgan fingerprint density at radius 1 is 1.30 bits per heavy atom. The number of benzene rings is 1. The average molecular weight is 336 g/mol. The fourth-order valence-corrected chi connectivity index (χ4v) is 3.63. The van der Waals surface area contributed by atoms with Gasteiger partial charge in [0.1, 0.15) is 11.6 Å². The number of hydrogen-bond acceptors (Lipinski definition) is 5. The molecule has 8 heteroatoms. The Morgan fingerprint density at radius 2 is 2.09 bits per heavy atom. The number of H-pyrrole nitrogens is 1. The zero-order chi connectivity index (χ0) is 16.6. The second kappa shape index (κ2) is 5.93. The minimum absolute atomic E-state index is 0.178. The molecule has 3 rings (SSSR count).